The summed E-state index contributed by atoms with van der Waals surface area (Å²) in [5.74, 6) is -1.19. The molecule has 6 nitrogen and oxygen atoms in total. The van der Waals surface area contributed by atoms with Crippen molar-refractivity contribution in [3.63, 3.8) is 0 Å². The molecular weight excluding hydrogens is 294 g/mol. The molecule has 1 aliphatic rings. The summed E-state index contributed by atoms with van der Waals surface area (Å²) < 4.78 is 28.3. The number of hydrogen-bond acceptors (Lipinski definition) is 4. The van der Waals surface area contributed by atoms with Crippen LogP contribution in [-0.4, -0.2) is 25.1 Å². The molecule has 0 bridgehead atoms. The second-order valence-electron chi connectivity index (χ2n) is 4.91. The predicted octanol–water partition coefficient (Wildman–Crippen LogP) is 1.69. The summed E-state index contributed by atoms with van der Waals surface area (Å²) in [6.07, 6.45) is 7.97. The van der Waals surface area contributed by atoms with Gasteiger partial charge in [-0.1, -0.05) is 18.2 Å². The molecule has 1 aromatic carbocycles. The minimum absolute atomic E-state index is 0.0948. The van der Waals surface area contributed by atoms with Crippen LogP contribution in [0.5, 0.6) is 5.75 Å². The number of rotatable bonds is 4. The van der Waals surface area contributed by atoms with Gasteiger partial charge in [-0.3, -0.25) is 0 Å². The number of nitrogens with two attached hydrogens (primary N) is 1. The van der Waals surface area contributed by atoms with Gasteiger partial charge in [-0.05, 0) is 31.2 Å². The normalized spacial score (nSPS) is 21.2. The van der Waals surface area contributed by atoms with Crippen LogP contribution in [0.4, 0.5) is 0 Å². The summed E-state index contributed by atoms with van der Waals surface area (Å²) in [6, 6.07) is 3.53. The molecule has 0 saturated carbocycles. The minimum Gasteiger partial charge on any atom is -0.482 e. The first kappa shape index (κ1) is 15.3. The molecule has 0 spiro atoms. The quantitative estimate of drug-likeness (QED) is 0.880. The molecule has 0 radical (unpaired) electrons. The van der Waals surface area contributed by atoms with Gasteiger partial charge >= 0.3 is 5.97 Å². The number of sulfonamides is 1. The van der Waals surface area contributed by atoms with Gasteiger partial charge in [0.15, 0.2) is 0 Å². The fraction of sp³-hybridized carbons (Fsp3) is 0.214. The van der Waals surface area contributed by atoms with Gasteiger partial charge in [0.25, 0.3) is 0 Å². The molecule has 0 fully saturated rings. The number of aromatic carboxylic acids is 1. The molecule has 1 aromatic rings. The molecule has 1 unspecified atom stereocenters. The fourth-order valence-corrected chi connectivity index (χ4v) is 2.52. The van der Waals surface area contributed by atoms with E-state index in [1.807, 2.05) is 31.2 Å². The zero-order valence-corrected chi connectivity index (χ0v) is 12.1. The maximum atomic E-state index is 11.3. The molecule has 0 saturated heterocycles. The Morgan fingerprint density at radius 3 is 2.62 bits per heavy atom. The van der Waals surface area contributed by atoms with Crippen molar-refractivity contribution < 1.29 is 23.1 Å². The van der Waals surface area contributed by atoms with Gasteiger partial charge in [-0.15, -0.1) is 0 Å². The molecule has 7 heteroatoms. The van der Waals surface area contributed by atoms with Crippen molar-refractivity contribution in [3.05, 3.63) is 48.1 Å². The molecule has 0 heterocycles. The van der Waals surface area contributed by atoms with Crippen LogP contribution in [0.15, 0.2) is 47.4 Å². The van der Waals surface area contributed by atoms with Gasteiger partial charge in [0.2, 0.25) is 10.0 Å². The lowest BCUT2D eigenvalue weighted by Gasteiger charge is -2.28. The summed E-state index contributed by atoms with van der Waals surface area (Å²) in [5, 5.41) is 14.2. The zero-order valence-electron chi connectivity index (χ0n) is 11.3. The number of allylic oxidation sites excluding steroid dienone is 2. The lowest BCUT2D eigenvalue weighted by Crippen LogP contribution is -2.30. The average Bonchev–Trinajstić information content (AvgIpc) is 2.38. The smallest absolute Gasteiger partial charge is 0.339 e. The highest BCUT2D eigenvalue weighted by Crippen LogP contribution is 2.29. The van der Waals surface area contributed by atoms with E-state index in [-0.39, 0.29) is 16.2 Å². The fourth-order valence-electron chi connectivity index (χ4n) is 1.98. The standard InChI is InChI=1S/C14H15NO5S/c1-14(7-3-2-4-8-14)20-12-6-5-10(21(15,18)19)9-11(12)13(16)17/h2-7,9H,8H2,1H3,(H,16,17)(H2,15,18,19). The molecule has 2 rings (SSSR count). The predicted molar refractivity (Wildman–Crippen MR) is 76.7 cm³/mol. The number of ether oxygens (including phenoxy) is 1. The van der Waals surface area contributed by atoms with Gasteiger partial charge in [-0.25, -0.2) is 18.4 Å². The summed E-state index contributed by atoms with van der Waals surface area (Å²) >= 11 is 0. The molecule has 0 amide bonds. The van der Waals surface area contributed by atoms with E-state index in [1.54, 1.807) is 0 Å². The Morgan fingerprint density at radius 2 is 2.10 bits per heavy atom. The third-order valence-corrected chi connectivity index (χ3v) is 3.98. The molecular formula is C14H15NO5S. The van der Waals surface area contributed by atoms with Crippen molar-refractivity contribution in [2.45, 2.75) is 23.8 Å². The maximum Gasteiger partial charge on any atom is 0.339 e. The minimum atomic E-state index is -3.97. The van der Waals surface area contributed by atoms with E-state index >= 15 is 0 Å². The third-order valence-electron chi connectivity index (χ3n) is 3.07. The number of benzene rings is 1. The number of carboxylic acids is 1. The van der Waals surface area contributed by atoms with E-state index in [0.29, 0.717) is 6.42 Å². The van der Waals surface area contributed by atoms with E-state index in [1.165, 1.54) is 12.1 Å². The van der Waals surface area contributed by atoms with Gasteiger partial charge < -0.3 is 9.84 Å². The van der Waals surface area contributed by atoms with Gasteiger partial charge in [-0.2, -0.15) is 0 Å². The van der Waals surface area contributed by atoms with Crippen LogP contribution >= 0.6 is 0 Å². The Kier molecular flexibility index (Phi) is 3.89. The third kappa shape index (κ3) is 3.50. The topological polar surface area (TPSA) is 107 Å². The molecule has 3 N–H and O–H groups in total. The van der Waals surface area contributed by atoms with Crippen molar-refractivity contribution in [1.29, 1.82) is 0 Å². The second-order valence-corrected chi connectivity index (χ2v) is 6.48. The molecule has 112 valence electrons. The largest absolute Gasteiger partial charge is 0.482 e. The summed E-state index contributed by atoms with van der Waals surface area (Å²) in [5.41, 5.74) is -0.923. The highest BCUT2D eigenvalue weighted by molar-refractivity contribution is 7.89. The van der Waals surface area contributed by atoms with E-state index in [2.05, 4.69) is 0 Å². The molecule has 1 atom stereocenters. The van der Waals surface area contributed by atoms with Gasteiger partial charge in [0.05, 0.1) is 4.90 Å². The first-order valence-corrected chi connectivity index (χ1v) is 7.69. The number of carbonyl (C=O) groups is 1. The van der Waals surface area contributed by atoms with Crippen LogP contribution in [0.2, 0.25) is 0 Å². The van der Waals surface area contributed by atoms with Crippen LogP contribution in [0.3, 0.4) is 0 Å². The van der Waals surface area contributed by atoms with Crippen LogP contribution in [0.25, 0.3) is 0 Å². The Balaban J connectivity index is 2.42. The lowest BCUT2D eigenvalue weighted by molar-refractivity contribution is 0.0683. The monoisotopic (exact) mass is 309 g/mol. The van der Waals surface area contributed by atoms with Crippen molar-refractivity contribution >= 4 is 16.0 Å². The van der Waals surface area contributed by atoms with E-state index < -0.39 is 21.6 Å². The maximum absolute atomic E-state index is 11.3. The molecule has 21 heavy (non-hydrogen) atoms. The van der Waals surface area contributed by atoms with Crippen LogP contribution < -0.4 is 9.88 Å². The van der Waals surface area contributed by atoms with Crippen LogP contribution in [0, 0.1) is 0 Å². The number of carboxylic acid groups (broad SMARTS) is 1. The summed E-state index contributed by atoms with van der Waals surface area (Å²) in [7, 11) is -3.97. The second kappa shape index (κ2) is 5.34. The lowest BCUT2D eigenvalue weighted by atomic mass is 9.97. The highest BCUT2D eigenvalue weighted by Gasteiger charge is 2.26. The Bertz CT molecular complexity index is 736. The van der Waals surface area contributed by atoms with E-state index in [4.69, 9.17) is 9.88 Å². The van der Waals surface area contributed by atoms with Crippen molar-refractivity contribution in [3.8, 4) is 5.75 Å². The number of hydrogen-bond donors (Lipinski definition) is 2. The van der Waals surface area contributed by atoms with Crippen LogP contribution in [-0.2, 0) is 10.0 Å². The first-order valence-electron chi connectivity index (χ1n) is 6.15. The van der Waals surface area contributed by atoms with Crippen molar-refractivity contribution in [2.24, 2.45) is 5.14 Å². The Morgan fingerprint density at radius 1 is 1.38 bits per heavy atom. The average molecular weight is 309 g/mol. The number of primary sulfonamides is 1. The van der Waals surface area contributed by atoms with Crippen LogP contribution in [0.1, 0.15) is 23.7 Å². The molecule has 0 aromatic heterocycles. The van der Waals surface area contributed by atoms with Crippen molar-refractivity contribution in [1.82, 2.24) is 0 Å². The van der Waals surface area contributed by atoms with Gasteiger partial charge in [0.1, 0.15) is 16.9 Å². The molecule has 0 aliphatic heterocycles. The Hall–Kier alpha value is -2.12. The van der Waals surface area contributed by atoms with Gasteiger partial charge in [0, 0.05) is 6.42 Å². The summed E-state index contributed by atoms with van der Waals surface area (Å²) in [4.78, 5) is 11.0. The SMILES string of the molecule is CC1(Oc2ccc(S(N)(=O)=O)cc2C(=O)O)C=CC=CC1. The van der Waals surface area contributed by atoms with Crippen molar-refractivity contribution in [2.75, 3.05) is 0 Å². The first-order chi connectivity index (χ1) is 9.71. The Labute approximate surface area is 122 Å². The molecule has 1 aliphatic carbocycles. The zero-order chi connectivity index (χ0) is 15.7. The highest BCUT2D eigenvalue weighted by atomic mass is 32.2. The van der Waals surface area contributed by atoms with E-state index in [9.17, 15) is 18.3 Å². The summed E-state index contributed by atoms with van der Waals surface area (Å²) in [6.45, 7) is 1.81. The van der Waals surface area contributed by atoms with E-state index in [0.717, 1.165) is 6.07 Å².